The van der Waals surface area contributed by atoms with E-state index in [2.05, 4.69) is 86.5 Å². The third kappa shape index (κ3) is 9.87. The largest absolute Gasteiger partial charge is 0.371 e. The molecule has 0 spiro atoms. The Morgan fingerprint density at radius 1 is 0.921 bits per heavy atom. The molecule has 3 aliphatic rings. The van der Waals surface area contributed by atoms with Crippen molar-refractivity contribution in [1.82, 2.24) is 29.8 Å². The first-order chi connectivity index (χ1) is 30.7. The van der Waals surface area contributed by atoms with Gasteiger partial charge in [-0.15, -0.1) is 6.58 Å². The van der Waals surface area contributed by atoms with Gasteiger partial charge in [-0.3, -0.25) is 14.5 Å². The van der Waals surface area contributed by atoms with Gasteiger partial charge >= 0.3 is 0 Å². The average Bonchev–Trinajstić information content (AvgIpc) is 3.74. The SMILES string of the molecule is C=CCN(C)N(c1ccc2c(n1)C(CC)CC2)c1nc(Nc2ccc(N3CCN(C4CCN(c5cccc(C(=O)N(C)C(C=O)CCC=O)c5C=O)CC4)CC3)cc2)ncc1C=C. The molecule has 2 aromatic carbocycles. The average molecular weight is 853 g/mol. The summed E-state index contributed by atoms with van der Waals surface area (Å²) in [6.07, 6.45) is 13.1. The highest BCUT2D eigenvalue weighted by atomic mass is 16.2. The van der Waals surface area contributed by atoms with Crippen molar-refractivity contribution in [2.75, 3.05) is 80.0 Å². The predicted octanol–water partition coefficient (Wildman–Crippen LogP) is 7.09. The molecule has 4 aromatic rings. The Labute approximate surface area is 371 Å². The first kappa shape index (κ1) is 44.8. The van der Waals surface area contributed by atoms with Gasteiger partial charge in [0.2, 0.25) is 5.95 Å². The van der Waals surface area contributed by atoms with Gasteiger partial charge in [-0.2, -0.15) is 4.98 Å². The number of aryl methyl sites for hydroxylation is 1. The second-order valence-corrected chi connectivity index (χ2v) is 16.6. The Balaban J connectivity index is 0.958. The Morgan fingerprint density at radius 3 is 2.35 bits per heavy atom. The minimum atomic E-state index is -0.741. The normalized spacial score (nSPS) is 17.2. The van der Waals surface area contributed by atoms with Crippen LogP contribution in [0, 0.1) is 0 Å². The molecule has 1 amide bonds. The summed E-state index contributed by atoms with van der Waals surface area (Å²) in [5.74, 6) is 2.00. The minimum absolute atomic E-state index is 0.172. The molecule has 0 bridgehead atoms. The number of hydrazine groups is 1. The lowest BCUT2D eigenvalue weighted by Crippen LogP contribution is -2.53. The van der Waals surface area contributed by atoms with Gasteiger partial charge in [-0.1, -0.05) is 37.8 Å². The molecular weight excluding hydrogens is 793 g/mol. The van der Waals surface area contributed by atoms with Crippen molar-refractivity contribution < 1.29 is 19.2 Å². The lowest BCUT2D eigenvalue weighted by atomic mass is 9.98. The van der Waals surface area contributed by atoms with Crippen LogP contribution in [0.4, 0.5) is 34.6 Å². The van der Waals surface area contributed by atoms with E-state index in [0.717, 1.165) is 112 Å². The molecule has 4 heterocycles. The topological polar surface area (TPSA) is 138 Å². The molecule has 2 saturated heterocycles. The summed E-state index contributed by atoms with van der Waals surface area (Å²) in [4.78, 5) is 71.8. The van der Waals surface area contributed by atoms with Gasteiger partial charge < -0.3 is 29.6 Å². The van der Waals surface area contributed by atoms with Gasteiger partial charge in [0.1, 0.15) is 18.4 Å². The van der Waals surface area contributed by atoms with Crippen molar-refractivity contribution in [3.63, 3.8) is 0 Å². The second kappa shape index (κ2) is 20.7. The molecule has 7 rings (SSSR count). The molecule has 0 saturated carbocycles. The van der Waals surface area contributed by atoms with Crippen molar-refractivity contribution in [2.45, 2.75) is 69.9 Å². The number of aromatic nitrogens is 3. The summed E-state index contributed by atoms with van der Waals surface area (Å²) < 4.78 is 0. The summed E-state index contributed by atoms with van der Waals surface area (Å²) in [6, 6.07) is 17.7. The van der Waals surface area contributed by atoms with Gasteiger partial charge in [-0.05, 0) is 86.6 Å². The van der Waals surface area contributed by atoms with Crippen molar-refractivity contribution in [3.05, 3.63) is 108 Å². The van der Waals surface area contributed by atoms with Crippen molar-refractivity contribution >= 4 is 65.5 Å². The fourth-order valence-corrected chi connectivity index (χ4v) is 9.28. The molecule has 1 N–H and O–H groups in total. The van der Waals surface area contributed by atoms with Crippen molar-refractivity contribution in [1.29, 1.82) is 0 Å². The van der Waals surface area contributed by atoms with Crippen LogP contribution in [0.3, 0.4) is 0 Å². The molecule has 2 fully saturated rings. The first-order valence-corrected chi connectivity index (χ1v) is 22.2. The van der Waals surface area contributed by atoms with E-state index < -0.39 is 11.9 Å². The Kier molecular flexibility index (Phi) is 14.8. The molecule has 330 valence electrons. The van der Waals surface area contributed by atoms with E-state index in [1.165, 1.54) is 23.2 Å². The summed E-state index contributed by atoms with van der Waals surface area (Å²) in [7, 11) is 3.54. The molecule has 63 heavy (non-hydrogen) atoms. The lowest BCUT2D eigenvalue weighted by molar-refractivity contribution is -0.112. The van der Waals surface area contributed by atoms with Gasteiger partial charge in [-0.25, -0.2) is 20.0 Å². The van der Waals surface area contributed by atoms with Gasteiger partial charge in [0.25, 0.3) is 5.91 Å². The van der Waals surface area contributed by atoms with Gasteiger partial charge in [0, 0.05) is 113 Å². The molecule has 2 unspecified atom stereocenters. The number of likely N-dealkylation sites (N-methyl/N-ethyl adjacent to an activating group) is 2. The summed E-state index contributed by atoms with van der Waals surface area (Å²) in [5, 5.41) is 7.51. The zero-order valence-electron chi connectivity index (χ0n) is 36.9. The molecule has 14 heteroatoms. The smallest absolute Gasteiger partial charge is 0.255 e. The van der Waals surface area contributed by atoms with Crippen LogP contribution in [0.5, 0.6) is 0 Å². The number of nitrogens with one attached hydrogen (secondary N) is 1. The van der Waals surface area contributed by atoms with Crippen LogP contribution >= 0.6 is 0 Å². The fourth-order valence-electron chi connectivity index (χ4n) is 9.28. The maximum atomic E-state index is 13.4. The van der Waals surface area contributed by atoms with Crippen molar-refractivity contribution in [3.8, 4) is 0 Å². The molecule has 2 aliphatic heterocycles. The molecule has 1 aliphatic carbocycles. The van der Waals surface area contributed by atoms with Crippen LogP contribution in [0.15, 0.2) is 80.0 Å². The standard InChI is InChI=1S/C49H60N10O4/c1-6-24-54(4)59(45-21-16-37-15-14-35(7-2)46(37)52-45)47-36(8-3)32-50-49(53-47)51-38-17-19-39(20-18-38)56-27-29-57(30-28-56)40-22-25-58(26-23-40)44-13-9-12-42(43(44)34-62)48(63)55(5)41(33-61)11-10-31-60/h6,8-9,12-13,16-21,31-35,40-41H,1,3,7,10-11,14-15,22-30H2,2,4-5H3,(H,50,51,53). The fraction of sp³-hybridized carbons (Fsp3) is 0.408. The number of fused-ring (bicyclic) bond motifs is 1. The van der Waals surface area contributed by atoms with Crippen LogP contribution in [0.2, 0.25) is 0 Å². The molecule has 0 radical (unpaired) electrons. The Bertz CT molecular complexity index is 2270. The zero-order valence-corrected chi connectivity index (χ0v) is 36.9. The molecule has 2 atom stereocenters. The number of hydrogen-bond acceptors (Lipinski definition) is 13. The number of aldehydes is 3. The lowest BCUT2D eigenvalue weighted by Gasteiger charge is -2.44. The predicted molar refractivity (Wildman–Crippen MR) is 250 cm³/mol. The molecule has 2 aromatic heterocycles. The van der Waals surface area contributed by atoms with E-state index in [4.69, 9.17) is 9.97 Å². The zero-order chi connectivity index (χ0) is 44.5. The number of anilines is 6. The molecule has 14 nitrogen and oxygen atoms in total. The van der Waals surface area contributed by atoms with Crippen LogP contribution < -0.4 is 20.1 Å². The number of amides is 1. The number of piperidine rings is 1. The summed E-state index contributed by atoms with van der Waals surface area (Å²) >= 11 is 0. The van der Waals surface area contributed by atoms with E-state index in [-0.39, 0.29) is 18.4 Å². The van der Waals surface area contributed by atoms with E-state index in [0.29, 0.717) is 42.1 Å². The van der Waals surface area contributed by atoms with Crippen LogP contribution in [0.1, 0.15) is 88.9 Å². The first-order valence-electron chi connectivity index (χ1n) is 22.2. The number of carbonyl (C=O) groups excluding carboxylic acids is 4. The second-order valence-electron chi connectivity index (χ2n) is 16.6. The minimum Gasteiger partial charge on any atom is -0.371 e. The monoisotopic (exact) mass is 852 g/mol. The summed E-state index contributed by atoms with van der Waals surface area (Å²) in [6.45, 7) is 16.1. The number of carbonyl (C=O) groups is 4. The van der Waals surface area contributed by atoms with Gasteiger partial charge in [0.05, 0.1) is 17.2 Å². The number of nitrogens with zero attached hydrogens (tertiary/aromatic N) is 9. The van der Waals surface area contributed by atoms with Gasteiger partial charge in [0.15, 0.2) is 12.1 Å². The highest BCUT2D eigenvalue weighted by Gasteiger charge is 2.31. The Morgan fingerprint density at radius 2 is 1.68 bits per heavy atom. The van der Waals surface area contributed by atoms with E-state index in [1.807, 2.05) is 24.2 Å². The van der Waals surface area contributed by atoms with E-state index in [1.54, 1.807) is 24.4 Å². The van der Waals surface area contributed by atoms with E-state index in [9.17, 15) is 19.2 Å². The number of pyridine rings is 1. The quantitative estimate of drug-likeness (QED) is 0.0584. The van der Waals surface area contributed by atoms with Crippen LogP contribution in [-0.4, -0.2) is 127 Å². The Hall–Kier alpha value is -6.25. The highest BCUT2D eigenvalue weighted by molar-refractivity contribution is 6.05. The van der Waals surface area contributed by atoms with E-state index >= 15 is 0 Å². The third-order valence-electron chi connectivity index (χ3n) is 12.9. The van der Waals surface area contributed by atoms with Crippen molar-refractivity contribution in [2.24, 2.45) is 0 Å². The number of piperazine rings is 1. The number of rotatable bonds is 19. The number of hydrogen-bond donors (Lipinski definition) is 1. The number of benzene rings is 2. The maximum Gasteiger partial charge on any atom is 0.255 e. The maximum absolute atomic E-state index is 13.4. The van der Waals surface area contributed by atoms with Crippen LogP contribution in [-0.2, 0) is 16.0 Å². The molecular formula is C49H60N10O4. The third-order valence-corrected chi connectivity index (χ3v) is 12.9. The highest BCUT2D eigenvalue weighted by Crippen LogP contribution is 2.37. The van der Waals surface area contributed by atoms with Crippen LogP contribution in [0.25, 0.3) is 6.08 Å². The summed E-state index contributed by atoms with van der Waals surface area (Å²) in [5.41, 5.74) is 6.66.